The summed E-state index contributed by atoms with van der Waals surface area (Å²) < 4.78 is 1.58. The van der Waals surface area contributed by atoms with Crippen LogP contribution in [-0.4, -0.2) is 38.4 Å². The highest BCUT2D eigenvalue weighted by Gasteiger charge is 2.19. The Labute approximate surface area is 196 Å². The maximum Gasteiger partial charge on any atom is 0.267 e. The number of likely N-dealkylation sites (tertiary alicyclic amines) is 1. The molecule has 1 saturated heterocycles. The molecule has 5 rings (SSSR count). The van der Waals surface area contributed by atoms with Gasteiger partial charge < -0.3 is 4.90 Å². The molecule has 0 saturated carbocycles. The van der Waals surface area contributed by atoms with Gasteiger partial charge in [-0.25, -0.2) is 14.5 Å². The van der Waals surface area contributed by atoms with Gasteiger partial charge in [-0.1, -0.05) is 42.1 Å². The van der Waals surface area contributed by atoms with E-state index >= 15 is 0 Å². The molecule has 0 radical (unpaired) electrons. The van der Waals surface area contributed by atoms with Gasteiger partial charge in [-0.3, -0.25) is 9.59 Å². The average Bonchev–Trinajstić information content (AvgIpc) is 3.39. The fraction of sp³-hybridized carbons (Fsp3) is 0.231. The number of carbonyl (C=O) groups excluding carboxylic acids is 1. The highest BCUT2D eigenvalue weighted by atomic mass is 32.2. The van der Waals surface area contributed by atoms with E-state index in [4.69, 9.17) is 4.98 Å². The Kier molecular flexibility index (Phi) is 5.96. The maximum atomic E-state index is 13.3. The smallest absolute Gasteiger partial charge is 0.267 e. The van der Waals surface area contributed by atoms with Crippen LogP contribution in [0.1, 0.15) is 34.3 Å². The molecule has 1 aliphatic heterocycles. The summed E-state index contributed by atoms with van der Waals surface area (Å²) in [7, 11) is 0. The summed E-state index contributed by atoms with van der Waals surface area (Å²) in [5.74, 6) is 1.27. The molecular formula is C26H24N4O2S. The van der Waals surface area contributed by atoms with E-state index in [0.29, 0.717) is 27.6 Å². The zero-order valence-electron chi connectivity index (χ0n) is 18.4. The van der Waals surface area contributed by atoms with Crippen molar-refractivity contribution in [2.75, 3.05) is 13.1 Å². The molecule has 6 nitrogen and oxygen atoms in total. The van der Waals surface area contributed by atoms with E-state index in [1.807, 2.05) is 66.4 Å². The van der Waals surface area contributed by atoms with Crippen LogP contribution >= 0.6 is 11.8 Å². The quantitative estimate of drug-likeness (QED) is 0.324. The van der Waals surface area contributed by atoms with E-state index in [9.17, 15) is 9.59 Å². The molecule has 2 aromatic heterocycles. The first kappa shape index (κ1) is 21.4. The van der Waals surface area contributed by atoms with E-state index in [1.165, 1.54) is 11.8 Å². The Morgan fingerprint density at radius 1 is 1.00 bits per heavy atom. The summed E-state index contributed by atoms with van der Waals surface area (Å²) in [6, 6.07) is 18.9. The van der Waals surface area contributed by atoms with Crippen LogP contribution < -0.4 is 5.56 Å². The number of carbonyl (C=O) groups is 1. The van der Waals surface area contributed by atoms with Gasteiger partial charge in [-0.05, 0) is 61.2 Å². The lowest BCUT2D eigenvalue weighted by molar-refractivity contribution is 0.0793. The standard InChI is InChI=1S/C26H24N4O2S/c1-18-8-13-23(27-16-18)30-25(32)21-6-2-3-7-22(21)28-26(30)33-17-19-9-11-20(12-10-19)24(31)29-14-4-5-15-29/h2-3,6-13,16H,4-5,14-15,17H2,1H3. The van der Waals surface area contributed by atoms with Gasteiger partial charge in [0.1, 0.15) is 5.82 Å². The SMILES string of the molecule is Cc1ccc(-n2c(SCc3ccc(C(=O)N4CCCC4)cc3)nc3ccccc3c2=O)nc1. The number of para-hydroxylation sites is 1. The second kappa shape index (κ2) is 9.19. The molecule has 0 aliphatic carbocycles. The minimum absolute atomic E-state index is 0.0992. The van der Waals surface area contributed by atoms with Crippen LogP contribution in [0.2, 0.25) is 0 Å². The van der Waals surface area contributed by atoms with Gasteiger partial charge in [0.15, 0.2) is 5.16 Å². The van der Waals surface area contributed by atoms with Crippen LogP contribution in [0.5, 0.6) is 0 Å². The molecule has 0 N–H and O–H groups in total. The van der Waals surface area contributed by atoms with Crippen LogP contribution in [0, 0.1) is 6.92 Å². The van der Waals surface area contributed by atoms with Crippen molar-refractivity contribution in [3.05, 3.63) is 93.9 Å². The predicted octanol–water partition coefficient (Wildman–Crippen LogP) is 4.62. The third-order valence-electron chi connectivity index (χ3n) is 5.83. The minimum atomic E-state index is -0.133. The Hall–Kier alpha value is -3.45. The lowest BCUT2D eigenvalue weighted by Gasteiger charge is -2.15. The van der Waals surface area contributed by atoms with Crippen molar-refractivity contribution in [2.45, 2.75) is 30.7 Å². The van der Waals surface area contributed by atoms with Crippen molar-refractivity contribution in [1.29, 1.82) is 0 Å². The summed E-state index contributed by atoms with van der Waals surface area (Å²) in [5.41, 5.74) is 3.34. The summed E-state index contributed by atoms with van der Waals surface area (Å²) >= 11 is 1.48. The lowest BCUT2D eigenvalue weighted by atomic mass is 10.1. The third-order valence-corrected chi connectivity index (χ3v) is 6.84. The van der Waals surface area contributed by atoms with E-state index in [-0.39, 0.29) is 11.5 Å². The number of nitrogens with zero attached hydrogens (tertiary/aromatic N) is 4. The Bertz CT molecular complexity index is 1360. The highest BCUT2D eigenvalue weighted by molar-refractivity contribution is 7.98. The molecule has 7 heteroatoms. The zero-order chi connectivity index (χ0) is 22.8. The van der Waals surface area contributed by atoms with Gasteiger partial charge in [0.25, 0.3) is 11.5 Å². The van der Waals surface area contributed by atoms with Gasteiger partial charge in [-0.15, -0.1) is 0 Å². The van der Waals surface area contributed by atoms with Crippen LogP contribution in [-0.2, 0) is 5.75 Å². The van der Waals surface area contributed by atoms with Gasteiger partial charge in [0.05, 0.1) is 10.9 Å². The summed E-state index contributed by atoms with van der Waals surface area (Å²) in [6.07, 6.45) is 3.91. The number of aromatic nitrogens is 3. The number of amides is 1. The second-order valence-corrected chi connectivity index (χ2v) is 9.17. The normalized spacial score (nSPS) is 13.5. The summed E-state index contributed by atoms with van der Waals surface area (Å²) in [4.78, 5) is 37.1. The van der Waals surface area contributed by atoms with Crippen LogP contribution in [0.3, 0.4) is 0 Å². The Balaban J connectivity index is 1.43. The number of benzene rings is 2. The van der Waals surface area contributed by atoms with Crippen molar-refractivity contribution in [1.82, 2.24) is 19.4 Å². The van der Waals surface area contributed by atoms with Gasteiger partial charge in [0, 0.05) is 30.6 Å². The number of thioether (sulfide) groups is 1. The van der Waals surface area contributed by atoms with E-state index in [0.717, 1.165) is 42.6 Å². The summed E-state index contributed by atoms with van der Waals surface area (Å²) in [6.45, 7) is 3.65. The minimum Gasteiger partial charge on any atom is -0.339 e. The summed E-state index contributed by atoms with van der Waals surface area (Å²) in [5, 5.41) is 1.15. The number of aryl methyl sites for hydroxylation is 1. The third kappa shape index (κ3) is 4.41. The Morgan fingerprint density at radius 2 is 1.76 bits per heavy atom. The largest absolute Gasteiger partial charge is 0.339 e. The first-order valence-electron chi connectivity index (χ1n) is 11.1. The zero-order valence-corrected chi connectivity index (χ0v) is 19.2. The monoisotopic (exact) mass is 456 g/mol. The first-order chi connectivity index (χ1) is 16.1. The molecule has 166 valence electrons. The molecule has 1 amide bonds. The fourth-order valence-electron chi connectivity index (χ4n) is 4.00. The topological polar surface area (TPSA) is 68.1 Å². The number of hydrogen-bond acceptors (Lipinski definition) is 5. The highest BCUT2D eigenvalue weighted by Crippen LogP contribution is 2.25. The molecule has 0 spiro atoms. The van der Waals surface area contributed by atoms with Crippen LogP contribution in [0.15, 0.2) is 76.8 Å². The predicted molar refractivity (Wildman–Crippen MR) is 131 cm³/mol. The van der Waals surface area contributed by atoms with E-state index < -0.39 is 0 Å². The molecule has 0 bridgehead atoms. The molecule has 1 aliphatic rings. The molecule has 0 atom stereocenters. The fourth-order valence-corrected chi connectivity index (χ4v) is 4.95. The van der Waals surface area contributed by atoms with Crippen molar-refractivity contribution < 1.29 is 4.79 Å². The molecule has 33 heavy (non-hydrogen) atoms. The molecule has 2 aromatic carbocycles. The number of hydrogen-bond donors (Lipinski definition) is 0. The van der Waals surface area contributed by atoms with Gasteiger partial charge in [-0.2, -0.15) is 0 Å². The van der Waals surface area contributed by atoms with Crippen LogP contribution in [0.25, 0.3) is 16.7 Å². The molecule has 1 fully saturated rings. The lowest BCUT2D eigenvalue weighted by Crippen LogP contribution is -2.27. The maximum absolute atomic E-state index is 13.3. The molecular weight excluding hydrogens is 432 g/mol. The van der Waals surface area contributed by atoms with Gasteiger partial charge >= 0.3 is 0 Å². The van der Waals surface area contributed by atoms with E-state index in [1.54, 1.807) is 16.8 Å². The Morgan fingerprint density at radius 3 is 2.48 bits per heavy atom. The number of fused-ring (bicyclic) bond motifs is 1. The number of rotatable bonds is 5. The second-order valence-electron chi connectivity index (χ2n) is 8.23. The molecule has 0 unspecified atom stereocenters. The van der Waals surface area contributed by atoms with Crippen molar-refractivity contribution in [3.63, 3.8) is 0 Å². The van der Waals surface area contributed by atoms with Crippen molar-refractivity contribution >= 4 is 28.6 Å². The van der Waals surface area contributed by atoms with Crippen LogP contribution in [0.4, 0.5) is 0 Å². The molecule has 3 heterocycles. The van der Waals surface area contributed by atoms with E-state index in [2.05, 4.69) is 4.98 Å². The molecule has 4 aromatic rings. The average molecular weight is 457 g/mol. The van der Waals surface area contributed by atoms with Gasteiger partial charge in [0.2, 0.25) is 0 Å². The number of pyridine rings is 1. The van der Waals surface area contributed by atoms with Crippen molar-refractivity contribution in [2.24, 2.45) is 0 Å². The first-order valence-corrected chi connectivity index (χ1v) is 12.0. The van der Waals surface area contributed by atoms with Crippen molar-refractivity contribution in [3.8, 4) is 5.82 Å².